The van der Waals surface area contributed by atoms with E-state index >= 15 is 0 Å². The molecule has 2 aliphatic carbocycles. The lowest BCUT2D eigenvalue weighted by Crippen LogP contribution is -2.30. The molecule has 2 saturated heterocycles. The van der Waals surface area contributed by atoms with Crippen LogP contribution in [0.2, 0.25) is 0 Å². The van der Waals surface area contributed by atoms with Gasteiger partial charge < -0.3 is 18.9 Å². The van der Waals surface area contributed by atoms with Crippen LogP contribution in [0.5, 0.6) is 0 Å². The number of esters is 2. The molecule has 0 aromatic carbocycles. The van der Waals surface area contributed by atoms with Gasteiger partial charge in [-0.15, -0.1) is 0 Å². The molecule has 0 spiro atoms. The van der Waals surface area contributed by atoms with Gasteiger partial charge in [0.15, 0.2) is 0 Å². The Morgan fingerprint density at radius 3 is 1.74 bits per heavy atom. The highest BCUT2D eigenvalue weighted by Crippen LogP contribution is 2.50. The van der Waals surface area contributed by atoms with E-state index in [9.17, 15) is 9.59 Å². The molecule has 2 aliphatic heterocycles. The van der Waals surface area contributed by atoms with E-state index in [0.29, 0.717) is 12.8 Å². The Balaban J connectivity index is 1.17. The zero-order valence-corrected chi connectivity index (χ0v) is 13.7. The quantitative estimate of drug-likeness (QED) is 0.447. The molecule has 0 aromatic heterocycles. The molecule has 6 atom stereocenters. The molecular formula is C17H24O6. The number of fused-ring (bicyclic) bond motifs is 2. The highest BCUT2D eigenvalue weighted by molar-refractivity contribution is 5.74. The van der Waals surface area contributed by atoms with Crippen LogP contribution in [-0.2, 0) is 28.5 Å². The summed E-state index contributed by atoms with van der Waals surface area (Å²) >= 11 is 0. The van der Waals surface area contributed by atoms with Gasteiger partial charge in [-0.2, -0.15) is 0 Å². The first-order chi connectivity index (χ1) is 10.9. The van der Waals surface area contributed by atoms with Gasteiger partial charge in [-0.05, 0) is 52.4 Å². The van der Waals surface area contributed by atoms with Crippen molar-refractivity contribution in [2.45, 2.75) is 75.8 Å². The second-order valence-corrected chi connectivity index (χ2v) is 7.83. The Labute approximate surface area is 135 Å². The van der Waals surface area contributed by atoms with Crippen LogP contribution in [0.3, 0.4) is 0 Å². The highest BCUT2D eigenvalue weighted by atomic mass is 16.7. The third-order valence-corrected chi connectivity index (χ3v) is 6.12. The van der Waals surface area contributed by atoms with Crippen LogP contribution in [0.4, 0.5) is 0 Å². The Morgan fingerprint density at radius 1 is 0.913 bits per heavy atom. The van der Waals surface area contributed by atoms with Gasteiger partial charge in [0.2, 0.25) is 6.79 Å². The monoisotopic (exact) mass is 324 g/mol. The van der Waals surface area contributed by atoms with E-state index in [1.807, 2.05) is 0 Å². The van der Waals surface area contributed by atoms with Gasteiger partial charge in [-0.1, -0.05) is 0 Å². The molecule has 2 heterocycles. The molecule has 0 bridgehead atoms. The van der Waals surface area contributed by atoms with E-state index in [2.05, 4.69) is 13.8 Å². The standard InChI is InChI=1S/C17H24O6/c1-16-5-3-10(7-12(16)22-16)14(18)20-9-21-15(19)11-4-6-17(2)13(8-11)23-17/h10-13H,3-9H2,1-2H3. The SMILES string of the molecule is CC12CCC(C(=O)OCOC(=O)C3CCC4(C)OC4C3)CC1O2. The first-order valence-electron chi connectivity index (χ1n) is 8.58. The van der Waals surface area contributed by atoms with Crippen molar-refractivity contribution in [2.75, 3.05) is 6.79 Å². The minimum atomic E-state index is -0.281. The number of carbonyl (C=O) groups is 2. The molecule has 2 saturated carbocycles. The van der Waals surface area contributed by atoms with Crippen LogP contribution in [0.1, 0.15) is 52.4 Å². The highest BCUT2D eigenvalue weighted by Gasteiger charge is 2.57. The van der Waals surface area contributed by atoms with Crippen LogP contribution in [0, 0.1) is 11.8 Å². The van der Waals surface area contributed by atoms with Crippen molar-refractivity contribution in [3.63, 3.8) is 0 Å². The first-order valence-corrected chi connectivity index (χ1v) is 8.58. The summed E-state index contributed by atoms with van der Waals surface area (Å²) < 4.78 is 21.4. The van der Waals surface area contributed by atoms with Crippen molar-refractivity contribution >= 4 is 11.9 Å². The summed E-state index contributed by atoms with van der Waals surface area (Å²) in [5.41, 5.74) is -0.0206. The van der Waals surface area contributed by atoms with Gasteiger partial charge >= 0.3 is 11.9 Å². The number of carbonyl (C=O) groups excluding carboxylic acids is 2. The Kier molecular flexibility index (Phi) is 3.47. The molecule has 0 amide bonds. The summed E-state index contributed by atoms with van der Waals surface area (Å²) in [6, 6.07) is 0. The molecule has 0 aromatic rings. The Bertz CT molecular complexity index is 487. The number of hydrogen-bond acceptors (Lipinski definition) is 6. The number of hydrogen-bond donors (Lipinski definition) is 0. The van der Waals surface area contributed by atoms with Crippen LogP contribution in [0.25, 0.3) is 0 Å². The van der Waals surface area contributed by atoms with Crippen molar-refractivity contribution in [3.8, 4) is 0 Å². The summed E-state index contributed by atoms with van der Waals surface area (Å²) in [6.45, 7) is 3.88. The van der Waals surface area contributed by atoms with Gasteiger partial charge in [0.1, 0.15) is 0 Å². The fraction of sp³-hybridized carbons (Fsp3) is 0.882. The van der Waals surface area contributed by atoms with Gasteiger partial charge in [-0.25, -0.2) is 0 Å². The zero-order valence-electron chi connectivity index (χ0n) is 13.7. The summed E-state index contributed by atoms with van der Waals surface area (Å²) in [7, 11) is 0. The van der Waals surface area contributed by atoms with E-state index in [0.717, 1.165) is 25.7 Å². The fourth-order valence-corrected chi connectivity index (χ4v) is 4.10. The van der Waals surface area contributed by atoms with Crippen LogP contribution in [-0.4, -0.2) is 42.1 Å². The maximum Gasteiger partial charge on any atom is 0.311 e. The van der Waals surface area contributed by atoms with Gasteiger partial charge in [0.05, 0.1) is 35.2 Å². The smallest absolute Gasteiger partial charge is 0.311 e. The molecule has 23 heavy (non-hydrogen) atoms. The topological polar surface area (TPSA) is 77.7 Å². The van der Waals surface area contributed by atoms with Crippen LogP contribution >= 0.6 is 0 Å². The number of rotatable bonds is 4. The molecule has 4 fully saturated rings. The van der Waals surface area contributed by atoms with Gasteiger partial charge in [0.25, 0.3) is 0 Å². The van der Waals surface area contributed by atoms with Crippen molar-refractivity contribution in [3.05, 3.63) is 0 Å². The van der Waals surface area contributed by atoms with Crippen molar-refractivity contribution in [1.82, 2.24) is 0 Å². The van der Waals surface area contributed by atoms with E-state index in [4.69, 9.17) is 18.9 Å². The molecule has 6 nitrogen and oxygen atoms in total. The second-order valence-electron chi connectivity index (χ2n) is 7.83. The van der Waals surface area contributed by atoms with E-state index in [1.165, 1.54) is 0 Å². The van der Waals surface area contributed by atoms with Crippen molar-refractivity contribution in [1.29, 1.82) is 0 Å². The molecule has 128 valence electrons. The maximum atomic E-state index is 12.0. The lowest BCUT2D eigenvalue weighted by molar-refractivity contribution is -0.173. The largest absolute Gasteiger partial charge is 0.428 e. The van der Waals surface area contributed by atoms with E-state index < -0.39 is 0 Å². The Morgan fingerprint density at radius 2 is 1.35 bits per heavy atom. The predicted octanol–water partition coefficient (Wildman–Crippen LogP) is 1.95. The second kappa shape index (κ2) is 5.18. The number of ether oxygens (including phenoxy) is 4. The summed E-state index contributed by atoms with van der Waals surface area (Å²) in [5.74, 6) is -0.830. The predicted molar refractivity (Wildman–Crippen MR) is 78.3 cm³/mol. The third-order valence-electron chi connectivity index (χ3n) is 6.12. The summed E-state index contributed by atoms with van der Waals surface area (Å²) in [4.78, 5) is 24.1. The van der Waals surface area contributed by atoms with E-state index in [-0.39, 0.29) is 54.0 Å². The van der Waals surface area contributed by atoms with Crippen LogP contribution in [0.15, 0.2) is 0 Å². The van der Waals surface area contributed by atoms with Gasteiger partial charge in [0, 0.05) is 0 Å². The van der Waals surface area contributed by atoms with Gasteiger partial charge in [-0.3, -0.25) is 9.59 Å². The molecule has 0 radical (unpaired) electrons. The summed E-state index contributed by atoms with van der Waals surface area (Å²) in [6.07, 6.45) is 5.13. The maximum absolute atomic E-state index is 12.0. The Hall–Kier alpha value is -1.14. The summed E-state index contributed by atoms with van der Waals surface area (Å²) in [5, 5.41) is 0. The number of epoxide rings is 2. The average Bonchev–Trinajstić information content (AvgIpc) is 3.38. The normalized spacial score (nSPS) is 47.0. The molecule has 4 aliphatic rings. The molecular weight excluding hydrogens is 300 g/mol. The third kappa shape index (κ3) is 2.87. The molecule has 6 unspecified atom stereocenters. The minimum absolute atomic E-state index is 0.0103. The molecule has 0 N–H and O–H groups in total. The lowest BCUT2D eigenvalue weighted by Gasteiger charge is -2.22. The first kappa shape index (κ1) is 15.4. The minimum Gasteiger partial charge on any atom is -0.428 e. The zero-order chi connectivity index (χ0) is 16.2. The van der Waals surface area contributed by atoms with Crippen molar-refractivity contribution < 1.29 is 28.5 Å². The average molecular weight is 324 g/mol. The lowest BCUT2D eigenvalue weighted by atomic mass is 9.83. The fourth-order valence-electron chi connectivity index (χ4n) is 4.10. The molecule has 6 heteroatoms. The van der Waals surface area contributed by atoms with Crippen molar-refractivity contribution in [2.24, 2.45) is 11.8 Å². The van der Waals surface area contributed by atoms with E-state index in [1.54, 1.807) is 0 Å². The van der Waals surface area contributed by atoms with Crippen LogP contribution < -0.4 is 0 Å². The molecule has 4 rings (SSSR count).